The molecular weight excluding hydrogens is 340 g/mol. The second kappa shape index (κ2) is 15.9. The first kappa shape index (κ1) is 25.1. The van der Waals surface area contributed by atoms with Gasteiger partial charge in [0.2, 0.25) is 0 Å². The standard InChI is InChI=1S/C27H48O/c1-6-10-13-14-17-25(16-12-8-3)22-28-27-19-18-23(5)20-26(27)21-24(9-4)15-11-7-2/h18-20,24-25H,6-17,21-22H2,1-5H3. The number of aryl methyl sites for hydroxylation is 1. The summed E-state index contributed by atoms with van der Waals surface area (Å²) in [6, 6.07) is 6.81. The molecule has 0 N–H and O–H groups in total. The van der Waals surface area contributed by atoms with Gasteiger partial charge in [-0.1, -0.05) is 110 Å². The van der Waals surface area contributed by atoms with E-state index in [1.54, 1.807) is 0 Å². The zero-order chi connectivity index (χ0) is 20.6. The Kier molecular flexibility index (Phi) is 14.2. The van der Waals surface area contributed by atoms with E-state index in [0.29, 0.717) is 5.92 Å². The van der Waals surface area contributed by atoms with E-state index in [0.717, 1.165) is 18.3 Å². The molecule has 1 heteroatoms. The van der Waals surface area contributed by atoms with Crippen LogP contribution in [0.1, 0.15) is 116 Å². The second-order valence-corrected chi connectivity index (χ2v) is 8.90. The Morgan fingerprint density at radius 3 is 2.04 bits per heavy atom. The molecule has 0 saturated carbocycles. The third-order valence-electron chi connectivity index (χ3n) is 6.17. The van der Waals surface area contributed by atoms with E-state index in [1.165, 1.54) is 94.6 Å². The molecule has 162 valence electrons. The van der Waals surface area contributed by atoms with Crippen LogP contribution in [0.2, 0.25) is 0 Å². The molecule has 0 aliphatic heterocycles. The fraction of sp³-hybridized carbons (Fsp3) is 0.778. The van der Waals surface area contributed by atoms with Crippen molar-refractivity contribution in [3.63, 3.8) is 0 Å². The summed E-state index contributed by atoms with van der Waals surface area (Å²) in [6.07, 6.45) is 17.1. The quantitative estimate of drug-likeness (QED) is 0.242. The Hall–Kier alpha value is -0.980. The Bertz CT molecular complexity index is 493. The van der Waals surface area contributed by atoms with Crippen molar-refractivity contribution in [2.24, 2.45) is 11.8 Å². The summed E-state index contributed by atoms with van der Waals surface area (Å²) in [5.41, 5.74) is 2.79. The number of benzene rings is 1. The van der Waals surface area contributed by atoms with Crippen LogP contribution < -0.4 is 4.74 Å². The van der Waals surface area contributed by atoms with Gasteiger partial charge in [0.15, 0.2) is 0 Å². The van der Waals surface area contributed by atoms with Gasteiger partial charge in [-0.15, -0.1) is 0 Å². The van der Waals surface area contributed by atoms with E-state index in [1.807, 2.05) is 0 Å². The molecule has 0 amide bonds. The van der Waals surface area contributed by atoms with E-state index in [4.69, 9.17) is 4.74 Å². The highest BCUT2D eigenvalue weighted by Gasteiger charge is 2.14. The molecule has 1 nitrogen and oxygen atoms in total. The van der Waals surface area contributed by atoms with Crippen molar-refractivity contribution in [2.45, 2.75) is 118 Å². The van der Waals surface area contributed by atoms with Gasteiger partial charge in [-0.3, -0.25) is 0 Å². The number of unbranched alkanes of at least 4 members (excludes halogenated alkanes) is 5. The Morgan fingerprint density at radius 1 is 0.750 bits per heavy atom. The zero-order valence-corrected chi connectivity index (χ0v) is 19.7. The number of ether oxygens (including phenoxy) is 1. The molecule has 0 radical (unpaired) electrons. The molecule has 0 saturated heterocycles. The summed E-state index contributed by atoms with van der Waals surface area (Å²) in [4.78, 5) is 0. The minimum Gasteiger partial charge on any atom is -0.493 e. The summed E-state index contributed by atoms with van der Waals surface area (Å²) in [5.74, 6) is 2.65. The van der Waals surface area contributed by atoms with Crippen LogP contribution in [0.15, 0.2) is 18.2 Å². The summed E-state index contributed by atoms with van der Waals surface area (Å²) >= 11 is 0. The van der Waals surface area contributed by atoms with Crippen molar-refractivity contribution in [3.8, 4) is 5.75 Å². The smallest absolute Gasteiger partial charge is 0.122 e. The number of rotatable bonds is 17. The van der Waals surface area contributed by atoms with Crippen molar-refractivity contribution in [2.75, 3.05) is 6.61 Å². The van der Waals surface area contributed by atoms with Crippen LogP contribution in [-0.4, -0.2) is 6.61 Å². The molecule has 1 rings (SSSR count). The topological polar surface area (TPSA) is 9.23 Å². The predicted octanol–water partition coefficient (Wildman–Crippen LogP) is 8.91. The number of hydrogen-bond acceptors (Lipinski definition) is 1. The summed E-state index contributed by atoms with van der Waals surface area (Å²) in [5, 5.41) is 0. The van der Waals surface area contributed by atoms with Crippen LogP contribution >= 0.6 is 0 Å². The third kappa shape index (κ3) is 10.5. The lowest BCUT2D eigenvalue weighted by Crippen LogP contribution is -2.14. The van der Waals surface area contributed by atoms with E-state index < -0.39 is 0 Å². The molecule has 0 aromatic heterocycles. The molecule has 1 aromatic carbocycles. The summed E-state index contributed by atoms with van der Waals surface area (Å²) < 4.78 is 6.46. The highest BCUT2D eigenvalue weighted by molar-refractivity contribution is 5.37. The highest BCUT2D eigenvalue weighted by atomic mass is 16.5. The molecule has 0 spiro atoms. The molecule has 0 heterocycles. The van der Waals surface area contributed by atoms with Gasteiger partial charge in [-0.05, 0) is 49.7 Å². The van der Waals surface area contributed by atoms with Crippen LogP contribution in [-0.2, 0) is 6.42 Å². The maximum Gasteiger partial charge on any atom is 0.122 e. The van der Waals surface area contributed by atoms with Gasteiger partial charge >= 0.3 is 0 Å². The van der Waals surface area contributed by atoms with E-state index in [9.17, 15) is 0 Å². The molecule has 0 bridgehead atoms. The maximum atomic E-state index is 6.46. The Morgan fingerprint density at radius 2 is 1.39 bits per heavy atom. The van der Waals surface area contributed by atoms with Crippen LogP contribution in [0.25, 0.3) is 0 Å². The van der Waals surface area contributed by atoms with Crippen molar-refractivity contribution in [3.05, 3.63) is 29.3 Å². The van der Waals surface area contributed by atoms with Gasteiger partial charge in [0, 0.05) is 0 Å². The molecular formula is C27H48O. The first-order chi connectivity index (χ1) is 13.6. The van der Waals surface area contributed by atoms with Crippen LogP contribution in [0, 0.1) is 18.8 Å². The van der Waals surface area contributed by atoms with Crippen LogP contribution in [0.5, 0.6) is 5.75 Å². The average molecular weight is 389 g/mol. The van der Waals surface area contributed by atoms with Crippen molar-refractivity contribution in [1.29, 1.82) is 0 Å². The van der Waals surface area contributed by atoms with Gasteiger partial charge in [-0.25, -0.2) is 0 Å². The fourth-order valence-corrected chi connectivity index (χ4v) is 4.13. The number of hydrogen-bond donors (Lipinski definition) is 0. The van der Waals surface area contributed by atoms with Crippen molar-refractivity contribution < 1.29 is 4.74 Å². The largest absolute Gasteiger partial charge is 0.493 e. The van der Waals surface area contributed by atoms with Gasteiger partial charge in [0.1, 0.15) is 5.75 Å². The summed E-state index contributed by atoms with van der Waals surface area (Å²) in [7, 11) is 0. The zero-order valence-electron chi connectivity index (χ0n) is 19.7. The minimum atomic E-state index is 0.716. The molecule has 0 aliphatic carbocycles. The normalized spacial score (nSPS) is 13.5. The lowest BCUT2D eigenvalue weighted by molar-refractivity contribution is 0.222. The summed E-state index contributed by atoms with van der Waals surface area (Å²) in [6.45, 7) is 12.3. The van der Waals surface area contributed by atoms with Gasteiger partial charge in [0.05, 0.1) is 6.61 Å². The second-order valence-electron chi connectivity index (χ2n) is 8.90. The fourth-order valence-electron chi connectivity index (χ4n) is 4.13. The molecule has 1 aromatic rings. The van der Waals surface area contributed by atoms with Gasteiger partial charge in [-0.2, -0.15) is 0 Å². The van der Waals surface area contributed by atoms with E-state index in [2.05, 4.69) is 52.8 Å². The molecule has 2 atom stereocenters. The Labute approximate surface area is 176 Å². The lowest BCUT2D eigenvalue weighted by atomic mass is 9.91. The van der Waals surface area contributed by atoms with E-state index >= 15 is 0 Å². The maximum absolute atomic E-state index is 6.46. The van der Waals surface area contributed by atoms with Crippen LogP contribution in [0.4, 0.5) is 0 Å². The molecule has 0 aliphatic rings. The van der Waals surface area contributed by atoms with E-state index in [-0.39, 0.29) is 0 Å². The van der Waals surface area contributed by atoms with Crippen molar-refractivity contribution >= 4 is 0 Å². The van der Waals surface area contributed by atoms with Gasteiger partial charge in [0.25, 0.3) is 0 Å². The molecule has 28 heavy (non-hydrogen) atoms. The first-order valence-corrected chi connectivity index (χ1v) is 12.4. The molecule has 2 unspecified atom stereocenters. The monoisotopic (exact) mass is 388 g/mol. The Balaban J connectivity index is 2.70. The third-order valence-corrected chi connectivity index (χ3v) is 6.17. The highest BCUT2D eigenvalue weighted by Crippen LogP contribution is 2.28. The lowest BCUT2D eigenvalue weighted by Gasteiger charge is -2.21. The minimum absolute atomic E-state index is 0.716. The average Bonchev–Trinajstić information content (AvgIpc) is 2.70. The van der Waals surface area contributed by atoms with Crippen LogP contribution in [0.3, 0.4) is 0 Å². The predicted molar refractivity (Wildman–Crippen MR) is 125 cm³/mol. The van der Waals surface area contributed by atoms with Crippen molar-refractivity contribution in [1.82, 2.24) is 0 Å². The molecule has 0 fully saturated rings. The SMILES string of the molecule is CCCCCCC(CCCC)COc1ccc(C)cc1CC(CC)CCCC. The van der Waals surface area contributed by atoms with Gasteiger partial charge < -0.3 is 4.74 Å². The first-order valence-electron chi connectivity index (χ1n) is 12.4.